The standard InChI is InChI=1S/C16H32N2/c1-4-6-15-12-18(14(3)11-17-15)16-8-5-7-13(2)9-10-16/h13-17H,4-12H2,1-3H3. The topological polar surface area (TPSA) is 15.3 Å². The van der Waals surface area contributed by atoms with Crippen LogP contribution in [0.3, 0.4) is 0 Å². The zero-order valence-corrected chi connectivity index (χ0v) is 12.6. The Kier molecular flexibility index (Phi) is 5.50. The molecule has 1 aliphatic carbocycles. The van der Waals surface area contributed by atoms with E-state index in [1.165, 1.54) is 58.0 Å². The Morgan fingerprint density at radius 2 is 1.94 bits per heavy atom. The zero-order chi connectivity index (χ0) is 13.0. The van der Waals surface area contributed by atoms with Crippen molar-refractivity contribution in [3.8, 4) is 0 Å². The summed E-state index contributed by atoms with van der Waals surface area (Å²) in [5.41, 5.74) is 0. The molecule has 1 saturated heterocycles. The first-order valence-electron chi connectivity index (χ1n) is 8.19. The van der Waals surface area contributed by atoms with Gasteiger partial charge in [0.1, 0.15) is 0 Å². The van der Waals surface area contributed by atoms with E-state index in [0.717, 1.165) is 24.0 Å². The van der Waals surface area contributed by atoms with Gasteiger partial charge in [0.05, 0.1) is 0 Å². The minimum Gasteiger partial charge on any atom is -0.311 e. The van der Waals surface area contributed by atoms with Crippen molar-refractivity contribution in [1.29, 1.82) is 0 Å². The Morgan fingerprint density at radius 3 is 2.72 bits per heavy atom. The molecule has 2 rings (SSSR count). The van der Waals surface area contributed by atoms with Gasteiger partial charge in [-0.2, -0.15) is 0 Å². The summed E-state index contributed by atoms with van der Waals surface area (Å²) in [6.45, 7) is 9.62. The van der Waals surface area contributed by atoms with Gasteiger partial charge in [0.2, 0.25) is 0 Å². The molecular formula is C16H32N2. The molecule has 2 fully saturated rings. The van der Waals surface area contributed by atoms with Crippen LogP contribution in [0.15, 0.2) is 0 Å². The van der Waals surface area contributed by atoms with E-state index in [-0.39, 0.29) is 0 Å². The summed E-state index contributed by atoms with van der Waals surface area (Å²) in [5.74, 6) is 0.958. The van der Waals surface area contributed by atoms with Gasteiger partial charge in [-0.3, -0.25) is 4.90 Å². The van der Waals surface area contributed by atoms with Crippen LogP contribution in [0.25, 0.3) is 0 Å². The summed E-state index contributed by atoms with van der Waals surface area (Å²) in [5, 5.41) is 3.72. The maximum absolute atomic E-state index is 3.72. The first-order chi connectivity index (χ1) is 8.70. The van der Waals surface area contributed by atoms with Gasteiger partial charge in [-0.15, -0.1) is 0 Å². The number of rotatable bonds is 3. The van der Waals surface area contributed by atoms with E-state index in [1.54, 1.807) is 0 Å². The Labute approximate surface area is 114 Å². The Hall–Kier alpha value is -0.0800. The normalized spacial score (nSPS) is 39.5. The van der Waals surface area contributed by atoms with Crippen molar-refractivity contribution in [3.05, 3.63) is 0 Å². The van der Waals surface area contributed by atoms with Crippen molar-refractivity contribution in [3.63, 3.8) is 0 Å². The van der Waals surface area contributed by atoms with Crippen LogP contribution in [0.5, 0.6) is 0 Å². The maximum atomic E-state index is 3.72. The van der Waals surface area contributed by atoms with Crippen molar-refractivity contribution in [2.45, 2.75) is 83.8 Å². The van der Waals surface area contributed by atoms with Crippen LogP contribution in [-0.4, -0.2) is 36.1 Å². The van der Waals surface area contributed by atoms with E-state index in [0.29, 0.717) is 0 Å². The molecule has 2 nitrogen and oxygen atoms in total. The molecule has 1 aliphatic heterocycles. The second-order valence-electron chi connectivity index (χ2n) is 6.71. The largest absolute Gasteiger partial charge is 0.311 e. The molecule has 0 radical (unpaired) electrons. The molecule has 0 spiro atoms. The van der Waals surface area contributed by atoms with Gasteiger partial charge in [-0.25, -0.2) is 0 Å². The Morgan fingerprint density at radius 1 is 1.11 bits per heavy atom. The van der Waals surface area contributed by atoms with E-state index in [9.17, 15) is 0 Å². The Balaban J connectivity index is 1.91. The van der Waals surface area contributed by atoms with Crippen LogP contribution >= 0.6 is 0 Å². The fourth-order valence-electron chi connectivity index (χ4n) is 3.80. The molecule has 4 unspecified atom stereocenters. The summed E-state index contributed by atoms with van der Waals surface area (Å²) in [4.78, 5) is 2.83. The maximum Gasteiger partial charge on any atom is 0.0196 e. The lowest BCUT2D eigenvalue weighted by Gasteiger charge is -2.43. The third-order valence-electron chi connectivity index (χ3n) is 5.03. The minimum atomic E-state index is 0.733. The molecule has 1 N–H and O–H groups in total. The average molecular weight is 252 g/mol. The summed E-state index contributed by atoms with van der Waals surface area (Å²) in [6.07, 6.45) is 9.86. The number of hydrogen-bond acceptors (Lipinski definition) is 2. The second kappa shape index (κ2) is 6.91. The van der Waals surface area contributed by atoms with Gasteiger partial charge >= 0.3 is 0 Å². The highest BCUT2D eigenvalue weighted by Gasteiger charge is 2.30. The van der Waals surface area contributed by atoms with Crippen LogP contribution in [0.1, 0.15) is 65.7 Å². The zero-order valence-electron chi connectivity index (χ0n) is 12.6. The molecule has 18 heavy (non-hydrogen) atoms. The highest BCUT2D eigenvalue weighted by molar-refractivity contribution is 4.88. The summed E-state index contributed by atoms with van der Waals surface area (Å²) >= 11 is 0. The number of nitrogens with zero attached hydrogens (tertiary/aromatic N) is 1. The fourth-order valence-corrected chi connectivity index (χ4v) is 3.80. The highest BCUT2D eigenvalue weighted by Crippen LogP contribution is 2.28. The summed E-state index contributed by atoms with van der Waals surface area (Å²) in [6, 6.07) is 2.34. The molecule has 106 valence electrons. The van der Waals surface area contributed by atoms with Gasteiger partial charge in [-0.05, 0) is 38.5 Å². The lowest BCUT2D eigenvalue weighted by molar-refractivity contribution is 0.0792. The van der Waals surface area contributed by atoms with Crippen LogP contribution in [0.2, 0.25) is 0 Å². The smallest absolute Gasteiger partial charge is 0.0196 e. The molecule has 2 heteroatoms. The number of nitrogens with one attached hydrogen (secondary N) is 1. The van der Waals surface area contributed by atoms with Crippen LogP contribution in [0.4, 0.5) is 0 Å². The first-order valence-corrected chi connectivity index (χ1v) is 8.19. The predicted molar refractivity (Wildman–Crippen MR) is 78.9 cm³/mol. The molecule has 4 atom stereocenters. The minimum absolute atomic E-state index is 0.733. The monoisotopic (exact) mass is 252 g/mol. The predicted octanol–water partition coefficient (Wildman–Crippen LogP) is 3.42. The van der Waals surface area contributed by atoms with Crippen molar-refractivity contribution < 1.29 is 0 Å². The highest BCUT2D eigenvalue weighted by atomic mass is 15.2. The molecule has 0 aromatic heterocycles. The first kappa shape index (κ1) is 14.3. The third kappa shape index (κ3) is 3.71. The van der Waals surface area contributed by atoms with Gasteiger partial charge in [0, 0.05) is 31.2 Å². The quantitative estimate of drug-likeness (QED) is 0.774. The summed E-state index contributed by atoms with van der Waals surface area (Å²) in [7, 11) is 0. The van der Waals surface area contributed by atoms with Crippen LogP contribution in [-0.2, 0) is 0 Å². The van der Waals surface area contributed by atoms with Crippen molar-refractivity contribution >= 4 is 0 Å². The molecule has 1 saturated carbocycles. The molecule has 0 aromatic carbocycles. The van der Waals surface area contributed by atoms with E-state index >= 15 is 0 Å². The van der Waals surface area contributed by atoms with E-state index < -0.39 is 0 Å². The molecule has 0 amide bonds. The average Bonchev–Trinajstić information content (AvgIpc) is 2.57. The van der Waals surface area contributed by atoms with Gasteiger partial charge in [0.25, 0.3) is 0 Å². The number of piperazine rings is 1. The molecule has 2 aliphatic rings. The van der Waals surface area contributed by atoms with Crippen molar-refractivity contribution in [2.75, 3.05) is 13.1 Å². The van der Waals surface area contributed by atoms with Crippen LogP contribution in [0, 0.1) is 5.92 Å². The van der Waals surface area contributed by atoms with Gasteiger partial charge < -0.3 is 5.32 Å². The Bertz CT molecular complexity index is 241. The van der Waals surface area contributed by atoms with E-state index in [1.807, 2.05) is 0 Å². The molecule has 0 bridgehead atoms. The summed E-state index contributed by atoms with van der Waals surface area (Å²) < 4.78 is 0. The van der Waals surface area contributed by atoms with Gasteiger partial charge in [-0.1, -0.05) is 33.1 Å². The fraction of sp³-hybridized carbons (Fsp3) is 1.00. The van der Waals surface area contributed by atoms with E-state index in [2.05, 4.69) is 31.0 Å². The molecular weight excluding hydrogens is 220 g/mol. The molecule has 0 aromatic rings. The lowest BCUT2D eigenvalue weighted by atomic mass is 9.99. The van der Waals surface area contributed by atoms with Crippen molar-refractivity contribution in [2.24, 2.45) is 5.92 Å². The SMILES string of the molecule is CCCC1CN(C2CCCC(C)CC2)C(C)CN1. The number of hydrogen-bond donors (Lipinski definition) is 1. The van der Waals surface area contributed by atoms with Crippen molar-refractivity contribution in [1.82, 2.24) is 10.2 Å². The van der Waals surface area contributed by atoms with E-state index in [4.69, 9.17) is 0 Å². The third-order valence-corrected chi connectivity index (χ3v) is 5.03. The van der Waals surface area contributed by atoms with Crippen LogP contribution < -0.4 is 5.32 Å². The lowest BCUT2D eigenvalue weighted by Crippen LogP contribution is -2.58. The second-order valence-corrected chi connectivity index (χ2v) is 6.71. The molecule has 1 heterocycles. The van der Waals surface area contributed by atoms with Gasteiger partial charge in [0.15, 0.2) is 0 Å².